The van der Waals surface area contributed by atoms with Gasteiger partial charge in [0, 0.05) is 31.7 Å². The van der Waals surface area contributed by atoms with Crippen LogP contribution in [0.4, 0.5) is 9.18 Å². The van der Waals surface area contributed by atoms with Gasteiger partial charge in [0.15, 0.2) is 0 Å². The number of amides is 2. The van der Waals surface area contributed by atoms with Crippen LogP contribution in [-0.2, 0) is 6.54 Å². The lowest BCUT2D eigenvalue weighted by atomic mass is 10.00. The minimum Gasteiger partial charge on any atom is -0.334 e. The van der Waals surface area contributed by atoms with Crippen LogP contribution in [0.25, 0.3) is 0 Å². The van der Waals surface area contributed by atoms with E-state index < -0.39 is 0 Å². The summed E-state index contributed by atoms with van der Waals surface area (Å²) in [4.78, 5) is 17.1. The van der Waals surface area contributed by atoms with Crippen molar-refractivity contribution < 1.29 is 9.18 Å². The topological polar surface area (TPSA) is 35.6 Å². The molecule has 0 aromatic heterocycles. The molecule has 1 aromatic carbocycles. The number of nitrogens with one attached hydrogen (secondary N) is 1. The van der Waals surface area contributed by atoms with Crippen molar-refractivity contribution in [2.45, 2.75) is 58.2 Å². The van der Waals surface area contributed by atoms with Crippen LogP contribution in [0.1, 0.15) is 45.1 Å². The summed E-state index contributed by atoms with van der Waals surface area (Å²) in [5, 5.41) is 3.17. The zero-order valence-electron chi connectivity index (χ0n) is 15.4. The number of halogens is 1. The summed E-state index contributed by atoms with van der Waals surface area (Å²) in [5.74, 6) is 0.508. The summed E-state index contributed by atoms with van der Waals surface area (Å²) in [6.07, 6.45) is 4.68. The average molecular weight is 347 g/mol. The first-order chi connectivity index (χ1) is 12.0. The highest BCUT2D eigenvalue weighted by molar-refractivity contribution is 5.75. The third-order valence-electron chi connectivity index (χ3n) is 5.16. The molecule has 1 heterocycles. The van der Waals surface area contributed by atoms with Gasteiger partial charge in [-0.15, -0.1) is 0 Å². The Morgan fingerprint density at radius 2 is 2.04 bits per heavy atom. The molecule has 138 valence electrons. The minimum absolute atomic E-state index is 0.00406. The Hall–Kier alpha value is -1.62. The molecule has 1 aliphatic heterocycles. The Morgan fingerprint density at radius 3 is 2.68 bits per heavy atom. The molecule has 1 saturated heterocycles. The zero-order chi connectivity index (χ0) is 17.8. The van der Waals surface area contributed by atoms with Gasteiger partial charge in [-0.25, -0.2) is 9.18 Å². The van der Waals surface area contributed by atoms with E-state index in [-0.39, 0.29) is 17.9 Å². The Bertz CT molecular complexity index is 573. The van der Waals surface area contributed by atoms with E-state index in [0.29, 0.717) is 12.6 Å². The van der Waals surface area contributed by atoms with Crippen LogP contribution >= 0.6 is 0 Å². The van der Waals surface area contributed by atoms with Crippen molar-refractivity contribution >= 4 is 6.03 Å². The highest BCUT2D eigenvalue weighted by Gasteiger charge is 2.33. The molecule has 0 radical (unpaired) electrons. The molecule has 1 aromatic rings. The summed E-state index contributed by atoms with van der Waals surface area (Å²) >= 11 is 0. The van der Waals surface area contributed by atoms with Crippen molar-refractivity contribution in [1.82, 2.24) is 15.1 Å². The van der Waals surface area contributed by atoms with Gasteiger partial charge in [-0.1, -0.05) is 19.1 Å². The maximum Gasteiger partial charge on any atom is 0.318 e. The fourth-order valence-electron chi connectivity index (χ4n) is 3.72. The van der Waals surface area contributed by atoms with Crippen LogP contribution in [0.5, 0.6) is 0 Å². The molecule has 3 rings (SSSR count). The molecule has 0 bridgehead atoms. The van der Waals surface area contributed by atoms with Gasteiger partial charge < -0.3 is 15.1 Å². The van der Waals surface area contributed by atoms with Crippen molar-refractivity contribution in [2.75, 3.05) is 19.6 Å². The maximum absolute atomic E-state index is 13.1. The lowest BCUT2D eigenvalue weighted by Crippen LogP contribution is -2.49. The number of benzene rings is 1. The highest BCUT2D eigenvalue weighted by Crippen LogP contribution is 2.28. The molecule has 25 heavy (non-hydrogen) atoms. The molecule has 2 fully saturated rings. The van der Waals surface area contributed by atoms with E-state index in [1.807, 2.05) is 4.90 Å². The van der Waals surface area contributed by atoms with Crippen LogP contribution in [0, 0.1) is 11.7 Å². The van der Waals surface area contributed by atoms with E-state index in [9.17, 15) is 9.18 Å². The number of likely N-dealkylation sites (tertiary alicyclic amines) is 1. The number of piperidine rings is 1. The first-order valence-corrected chi connectivity index (χ1v) is 9.55. The third-order valence-corrected chi connectivity index (χ3v) is 5.16. The maximum atomic E-state index is 13.1. The first-order valence-electron chi connectivity index (χ1n) is 9.55. The van der Waals surface area contributed by atoms with E-state index in [1.165, 1.54) is 25.0 Å². The van der Waals surface area contributed by atoms with Gasteiger partial charge in [0.25, 0.3) is 0 Å². The third kappa shape index (κ3) is 5.43. The van der Waals surface area contributed by atoms with E-state index in [1.54, 1.807) is 12.1 Å². The van der Waals surface area contributed by atoms with E-state index in [2.05, 4.69) is 24.1 Å². The monoisotopic (exact) mass is 347 g/mol. The Morgan fingerprint density at radius 1 is 1.32 bits per heavy atom. The van der Waals surface area contributed by atoms with E-state index in [0.717, 1.165) is 44.0 Å². The highest BCUT2D eigenvalue weighted by atomic mass is 19.1. The first kappa shape index (κ1) is 18.2. The SMILES string of the molecule is CC1CCCN(CC(C)NC(=O)N(Cc2ccc(F)cc2)C2CC2)C1. The average Bonchev–Trinajstić information content (AvgIpc) is 3.38. The van der Waals surface area contributed by atoms with Crippen molar-refractivity contribution in [3.63, 3.8) is 0 Å². The lowest BCUT2D eigenvalue weighted by molar-refractivity contribution is 0.160. The van der Waals surface area contributed by atoms with Crippen LogP contribution in [0.15, 0.2) is 24.3 Å². The Labute approximate surface area is 150 Å². The van der Waals surface area contributed by atoms with Crippen molar-refractivity contribution in [3.05, 3.63) is 35.6 Å². The second-order valence-electron chi connectivity index (χ2n) is 7.84. The number of carbonyl (C=O) groups excluding carboxylic acids is 1. The second kappa shape index (κ2) is 8.17. The molecule has 5 heteroatoms. The number of hydrogen-bond donors (Lipinski definition) is 1. The Kier molecular flexibility index (Phi) is 5.94. The molecule has 1 aliphatic carbocycles. The molecule has 2 unspecified atom stereocenters. The van der Waals surface area contributed by atoms with Crippen molar-refractivity contribution in [3.8, 4) is 0 Å². The smallest absolute Gasteiger partial charge is 0.318 e. The number of nitrogens with zero attached hydrogens (tertiary/aromatic N) is 2. The lowest BCUT2D eigenvalue weighted by Gasteiger charge is -2.33. The number of urea groups is 1. The molecule has 2 atom stereocenters. The van der Waals surface area contributed by atoms with Gasteiger partial charge in [-0.05, 0) is 62.8 Å². The van der Waals surface area contributed by atoms with Gasteiger partial charge in [0.1, 0.15) is 5.82 Å². The molecule has 1 N–H and O–H groups in total. The van der Waals surface area contributed by atoms with Gasteiger partial charge in [-0.3, -0.25) is 0 Å². The number of rotatable bonds is 6. The van der Waals surface area contributed by atoms with Gasteiger partial charge in [0.2, 0.25) is 0 Å². The summed E-state index contributed by atoms with van der Waals surface area (Å²) < 4.78 is 13.1. The standard InChI is InChI=1S/C20H30FN3O/c1-15-4-3-11-23(12-15)13-16(2)22-20(25)24(19-9-10-19)14-17-5-7-18(21)8-6-17/h5-8,15-16,19H,3-4,9-14H2,1-2H3,(H,22,25). The molecular formula is C20H30FN3O. The van der Waals surface area contributed by atoms with Gasteiger partial charge in [-0.2, -0.15) is 0 Å². The minimum atomic E-state index is -0.240. The summed E-state index contributed by atoms with van der Waals surface area (Å²) in [7, 11) is 0. The van der Waals surface area contributed by atoms with Crippen LogP contribution in [0.3, 0.4) is 0 Å². The quantitative estimate of drug-likeness (QED) is 0.853. The zero-order valence-corrected chi connectivity index (χ0v) is 15.4. The van der Waals surface area contributed by atoms with E-state index >= 15 is 0 Å². The van der Waals surface area contributed by atoms with Gasteiger partial charge in [0.05, 0.1) is 0 Å². The summed E-state index contributed by atoms with van der Waals surface area (Å²) in [6, 6.07) is 6.90. The largest absolute Gasteiger partial charge is 0.334 e. The normalized spacial score (nSPS) is 22.4. The fraction of sp³-hybridized carbons (Fsp3) is 0.650. The van der Waals surface area contributed by atoms with Crippen LogP contribution in [0.2, 0.25) is 0 Å². The predicted octanol–water partition coefficient (Wildman–Crippen LogP) is 3.62. The van der Waals surface area contributed by atoms with Crippen molar-refractivity contribution in [2.24, 2.45) is 5.92 Å². The molecular weight excluding hydrogens is 317 g/mol. The fourth-order valence-corrected chi connectivity index (χ4v) is 3.72. The summed E-state index contributed by atoms with van der Waals surface area (Å²) in [5.41, 5.74) is 0.973. The van der Waals surface area contributed by atoms with Crippen LogP contribution in [-0.4, -0.2) is 47.5 Å². The number of carbonyl (C=O) groups is 1. The Balaban J connectivity index is 1.52. The van der Waals surface area contributed by atoms with Crippen molar-refractivity contribution in [1.29, 1.82) is 0 Å². The molecule has 0 spiro atoms. The number of hydrogen-bond acceptors (Lipinski definition) is 2. The predicted molar refractivity (Wildman–Crippen MR) is 97.8 cm³/mol. The van der Waals surface area contributed by atoms with Gasteiger partial charge >= 0.3 is 6.03 Å². The summed E-state index contributed by atoms with van der Waals surface area (Å²) in [6.45, 7) is 8.09. The van der Waals surface area contributed by atoms with Crippen LogP contribution < -0.4 is 5.32 Å². The molecule has 2 aliphatic rings. The second-order valence-corrected chi connectivity index (χ2v) is 7.84. The molecule has 4 nitrogen and oxygen atoms in total. The van der Waals surface area contributed by atoms with E-state index in [4.69, 9.17) is 0 Å². The molecule has 2 amide bonds. The molecule has 1 saturated carbocycles.